The van der Waals surface area contributed by atoms with Gasteiger partial charge in [-0.2, -0.15) is 0 Å². The maximum absolute atomic E-state index is 12.9. The lowest BCUT2D eigenvalue weighted by Crippen LogP contribution is -2.74. The average molecular weight is 564 g/mol. The Balaban J connectivity index is 1.41. The minimum Gasteiger partial charge on any atom is -0.493 e. The van der Waals surface area contributed by atoms with E-state index in [1.165, 1.54) is 13.2 Å². The Morgan fingerprint density at radius 1 is 1.15 bits per heavy atom. The third kappa shape index (κ3) is 3.93. The van der Waals surface area contributed by atoms with Gasteiger partial charge in [0.25, 0.3) is 0 Å². The molecule has 14 heteroatoms. The molecular weight excluding hydrogens is 534 g/mol. The van der Waals surface area contributed by atoms with Crippen LogP contribution in [-0.2, 0) is 40.5 Å². The molecular formula is C26H29NO13. The average Bonchev–Trinajstić information content (AvgIpc) is 3.26. The summed E-state index contributed by atoms with van der Waals surface area (Å²) in [5, 5.41) is 50.5. The highest BCUT2D eigenvalue weighted by Gasteiger charge is 2.72. The summed E-state index contributed by atoms with van der Waals surface area (Å²) in [5.41, 5.74) is -0.573. The molecule has 1 aromatic rings. The number of piperidine rings is 1. The Bertz CT molecular complexity index is 1310. The van der Waals surface area contributed by atoms with Crippen molar-refractivity contribution in [2.75, 3.05) is 20.7 Å². The number of likely N-dealkylation sites (N-methyl/N-ethyl adjacent to an activating group) is 1. The van der Waals surface area contributed by atoms with Gasteiger partial charge < -0.3 is 49.4 Å². The zero-order chi connectivity index (χ0) is 29.1. The number of aliphatic hydroxyl groups is 3. The first kappa shape index (κ1) is 27.8. The monoisotopic (exact) mass is 563 g/mol. The Labute approximate surface area is 227 Å². The van der Waals surface area contributed by atoms with Crippen LogP contribution in [0.1, 0.15) is 30.4 Å². The Morgan fingerprint density at radius 2 is 1.85 bits per heavy atom. The SMILES string of the molecule is COc1ccc2c3c1O[C@H]1C(OC(=O)[C@H](O)[C@@H](O)C(=O)OC(CC(=O)O)C(=O)O)=CC[C@@]4(O)[C@@H](C2)N(C)CC[C@]314. The Kier molecular flexibility index (Phi) is 6.77. The quantitative estimate of drug-likeness (QED) is 0.221. The number of carbonyl (C=O) groups excluding carboxylic acids is 2. The van der Waals surface area contributed by atoms with E-state index in [4.69, 9.17) is 24.4 Å². The molecule has 4 aliphatic rings. The number of ether oxygens (including phenoxy) is 4. The first-order valence-corrected chi connectivity index (χ1v) is 12.6. The third-order valence-corrected chi connectivity index (χ3v) is 8.45. The molecule has 0 radical (unpaired) electrons. The number of carboxylic acids is 2. The van der Waals surface area contributed by atoms with Gasteiger partial charge in [0.15, 0.2) is 29.8 Å². The van der Waals surface area contributed by atoms with E-state index in [0.717, 1.165) is 11.1 Å². The number of likely N-dealkylation sites (tertiary alicyclic amines) is 1. The molecule has 7 atom stereocenters. The second-order valence-corrected chi connectivity index (χ2v) is 10.5. The van der Waals surface area contributed by atoms with Crippen molar-refractivity contribution in [3.05, 3.63) is 35.1 Å². The summed E-state index contributed by atoms with van der Waals surface area (Å²) < 4.78 is 21.7. The van der Waals surface area contributed by atoms with Gasteiger partial charge in [-0.1, -0.05) is 6.07 Å². The molecule has 0 amide bonds. The lowest BCUT2D eigenvalue weighted by atomic mass is 9.50. The fraction of sp³-hybridized carbons (Fsp3) is 0.538. The van der Waals surface area contributed by atoms with Crippen molar-refractivity contribution in [1.29, 1.82) is 0 Å². The van der Waals surface area contributed by atoms with Gasteiger partial charge >= 0.3 is 23.9 Å². The topological polar surface area (TPSA) is 210 Å². The minimum absolute atomic E-state index is 0.0435. The van der Waals surface area contributed by atoms with E-state index >= 15 is 0 Å². The highest BCUT2D eigenvalue weighted by molar-refractivity contribution is 5.88. The number of benzene rings is 1. The van der Waals surface area contributed by atoms with Crippen molar-refractivity contribution in [3.63, 3.8) is 0 Å². The number of methoxy groups -OCH3 is 1. The first-order valence-electron chi connectivity index (χ1n) is 12.6. The molecule has 1 fully saturated rings. The van der Waals surface area contributed by atoms with Crippen LogP contribution in [0.25, 0.3) is 0 Å². The van der Waals surface area contributed by atoms with E-state index in [1.807, 2.05) is 13.1 Å². The van der Waals surface area contributed by atoms with Gasteiger partial charge in [0.1, 0.15) is 5.76 Å². The number of esters is 2. The highest BCUT2D eigenvalue weighted by Crippen LogP contribution is 2.65. The van der Waals surface area contributed by atoms with Gasteiger partial charge in [-0.3, -0.25) is 4.79 Å². The summed E-state index contributed by atoms with van der Waals surface area (Å²) in [7, 11) is 3.41. The van der Waals surface area contributed by atoms with E-state index in [2.05, 4.69) is 9.64 Å². The number of rotatable bonds is 9. The molecule has 2 heterocycles. The van der Waals surface area contributed by atoms with E-state index in [0.29, 0.717) is 30.9 Å². The summed E-state index contributed by atoms with van der Waals surface area (Å²) in [5.74, 6) is -5.77. The van der Waals surface area contributed by atoms with Gasteiger partial charge in [0, 0.05) is 18.0 Å². The molecule has 5 N–H and O–H groups in total. The number of hydrogen-bond donors (Lipinski definition) is 5. The van der Waals surface area contributed by atoms with Crippen LogP contribution in [0.3, 0.4) is 0 Å². The van der Waals surface area contributed by atoms with Crippen molar-refractivity contribution >= 4 is 23.9 Å². The zero-order valence-electron chi connectivity index (χ0n) is 21.6. The zero-order valence-corrected chi connectivity index (χ0v) is 21.6. The van der Waals surface area contributed by atoms with Crippen LogP contribution in [0, 0.1) is 0 Å². The van der Waals surface area contributed by atoms with Gasteiger partial charge in [0.2, 0.25) is 6.10 Å². The summed E-state index contributed by atoms with van der Waals surface area (Å²) in [6, 6.07) is 3.42. The third-order valence-electron chi connectivity index (χ3n) is 8.45. The number of carbonyl (C=O) groups is 4. The lowest BCUT2D eigenvalue weighted by molar-refractivity contribution is -0.184. The largest absolute Gasteiger partial charge is 0.493 e. The molecule has 1 unspecified atom stereocenters. The molecule has 0 aromatic heterocycles. The molecule has 2 aliphatic heterocycles. The number of aliphatic hydroxyl groups excluding tert-OH is 2. The molecule has 2 aliphatic carbocycles. The number of hydrogen-bond acceptors (Lipinski definition) is 12. The maximum Gasteiger partial charge on any atom is 0.345 e. The van der Waals surface area contributed by atoms with Gasteiger partial charge in [-0.15, -0.1) is 0 Å². The van der Waals surface area contributed by atoms with Crippen LogP contribution in [0.4, 0.5) is 0 Å². The van der Waals surface area contributed by atoms with Crippen molar-refractivity contribution in [3.8, 4) is 11.5 Å². The molecule has 0 saturated carbocycles. The predicted molar refractivity (Wildman–Crippen MR) is 129 cm³/mol. The van der Waals surface area contributed by atoms with Crippen LogP contribution >= 0.6 is 0 Å². The summed E-state index contributed by atoms with van der Waals surface area (Å²) >= 11 is 0. The van der Waals surface area contributed by atoms with E-state index in [1.54, 1.807) is 6.07 Å². The first-order chi connectivity index (χ1) is 18.9. The molecule has 5 rings (SSSR count). The fourth-order valence-electron chi connectivity index (χ4n) is 6.57. The number of nitrogens with zero attached hydrogens (tertiary/aromatic N) is 1. The second-order valence-electron chi connectivity index (χ2n) is 10.5. The highest BCUT2D eigenvalue weighted by atomic mass is 16.6. The van der Waals surface area contributed by atoms with E-state index in [9.17, 15) is 34.5 Å². The molecule has 1 spiro atoms. The van der Waals surface area contributed by atoms with E-state index < -0.39 is 65.7 Å². The van der Waals surface area contributed by atoms with Gasteiger partial charge in [-0.25, -0.2) is 14.4 Å². The predicted octanol–water partition coefficient (Wildman–Crippen LogP) is -1.29. The normalized spacial score (nSPS) is 30.1. The molecule has 40 heavy (non-hydrogen) atoms. The molecule has 1 saturated heterocycles. The summed E-state index contributed by atoms with van der Waals surface area (Å²) in [6.45, 7) is 0.610. The van der Waals surface area contributed by atoms with Gasteiger partial charge in [0.05, 0.1) is 24.5 Å². The standard InChI is InChI=1S/C26H29NO13/c1-27-8-7-25-17-11-3-4-12(37-2)20(17)40-21(25)13(5-6-26(25,36)15(27)9-11)38-23(34)18(30)19(31)24(35)39-14(22(32)33)10-16(28)29/h3-5,14-15,18-19,21,30-31,36H,6-10H2,1-2H3,(H,28,29)(H,32,33)/t14?,15-,18-,19-,21+,25+,26-/m1/s1. The maximum atomic E-state index is 12.9. The van der Waals surface area contributed by atoms with Crippen LogP contribution < -0.4 is 9.47 Å². The smallest absolute Gasteiger partial charge is 0.345 e. The van der Waals surface area contributed by atoms with Crippen molar-refractivity contribution < 1.29 is 63.7 Å². The number of aliphatic carboxylic acids is 2. The Hall–Kier alpha value is -3.72. The lowest BCUT2D eigenvalue weighted by Gasteiger charge is -2.61. The van der Waals surface area contributed by atoms with Crippen LogP contribution in [0.5, 0.6) is 11.5 Å². The van der Waals surface area contributed by atoms with Crippen molar-refractivity contribution in [2.24, 2.45) is 0 Å². The van der Waals surface area contributed by atoms with Crippen molar-refractivity contribution in [2.45, 2.75) is 67.2 Å². The molecule has 216 valence electrons. The molecule has 2 bridgehead atoms. The van der Waals surface area contributed by atoms with Crippen LogP contribution in [0.2, 0.25) is 0 Å². The molecule has 1 aromatic carbocycles. The molecule has 14 nitrogen and oxygen atoms in total. The van der Waals surface area contributed by atoms with Crippen LogP contribution in [-0.4, -0.2) is 111 Å². The van der Waals surface area contributed by atoms with Gasteiger partial charge in [-0.05, 0) is 44.1 Å². The fourth-order valence-corrected chi connectivity index (χ4v) is 6.57. The summed E-state index contributed by atoms with van der Waals surface area (Å²) in [6.07, 6.45) is -6.77. The van der Waals surface area contributed by atoms with Crippen molar-refractivity contribution in [1.82, 2.24) is 4.90 Å². The van der Waals surface area contributed by atoms with Crippen LogP contribution in [0.15, 0.2) is 24.0 Å². The Morgan fingerprint density at radius 3 is 2.50 bits per heavy atom. The minimum atomic E-state index is -2.57. The second kappa shape index (κ2) is 9.73. The van der Waals surface area contributed by atoms with E-state index in [-0.39, 0.29) is 18.2 Å². The number of carboxylic acid groups (broad SMARTS) is 2. The summed E-state index contributed by atoms with van der Waals surface area (Å²) in [4.78, 5) is 49.1.